The van der Waals surface area contributed by atoms with Crippen molar-refractivity contribution in [2.75, 3.05) is 13.7 Å². The topological polar surface area (TPSA) is 34.5 Å². The van der Waals surface area contributed by atoms with Gasteiger partial charge in [0.25, 0.3) is 5.91 Å². The third-order valence-corrected chi connectivity index (χ3v) is 5.67. The van der Waals surface area contributed by atoms with E-state index in [4.69, 9.17) is 4.74 Å². The first-order chi connectivity index (χ1) is 15.6. The van der Waals surface area contributed by atoms with Gasteiger partial charge in [-0.1, -0.05) is 50.1 Å². The predicted molar refractivity (Wildman–Crippen MR) is 131 cm³/mol. The van der Waals surface area contributed by atoms with Crippen LogP contribution in [0.4, 0.5) is 0 Å². The van der Waals surface area contributed by atoms with Crippen LogP contribution in [-0.2, 0) is 19.5 Å². The number of aryl methyl sites for hydroxylation is 1. The Labute approximate surface area is 192 Å². The van der Waals surface area contributed by atoms with E-state index in [1.165, 1.54) is 24.8 Å². The minimum atomic E-state index is 0.0270. The zero-order valence-corrected chi connectivity index (χ0v) is 19.3. The van der Waals surface area contributed by atoms with Crippen LogP contribution in [0.25, 0.3) is 0 Å². The van der Waals surface area contributed by atoms with Crippen molar-refractivity contribution in [3.05, 3.63) is 102 Å². The van der Waals surface area contributed by atoms with Crippen molar-refractivity contribution in [3.63, 3.8) is 0 Å². The molecule has 168 valence electrons. The summed E-state index contributed by atoms with van der Waals surface area (Å²) in [5.41, 5.74) is 4.25. The fourth-order valence-electron chi connectivity index (χ4n) is 3.86. The van der Waals surface area contributed by atoms with Gasteiger partial charge in [-0.2, -0.15) is 0 Å². The van der Waals surface area contributed by atoms with E-state index < -0.39 is 0 Å². The van der Waals surface area contributed by atoms with Crippen molar-refractivity contribution in [1.82, 2.24) is 9.47 Å². The average Bonchev–Trinajstić information content (AvgIpc) is 3.25. The Balaban J connectivity index is 1.71. The predicted octanol–water partition coefficient (Wildman–Crippen LogP) is 6.11. The Bertz CT molecular complexity index is 1000. The van der Waals surface area contributed by atoms with E-state index in [0.29, 0.717) is 13.1 Å². The Morgan fingerprint density at radius 3 is 2.59 bits per heavy atom. The quantitative estimate of drug-likeness (QED) is 0.257. The van der Waals surface area contributed by atoms with E-state index in [-0.39, 0.29) is 5.91 Å². The molecule has 0 atom stereocenters. The van der Waals surface area contributed by atoms with Crippen molar-refractivity contribution in [2.24, 2.45) is 0 Å². The Morgan fingerprint density at radius 1 is 1.06 bits per heavy atom. The molecule has 0 unspecified atom stereocenters. The largest absolute Gasteiger partial charge is 0.497 e. The van der Waals surface area contributed by atoms with Gasteiger partial charge in [0, 0.05) is 30.5 Å². The number of amides is 1. The van der Waals surface area contributed by atoms with Crippen LogP contribution < -0.4 is 4.74 Å². The average molecular weight is 431 g/mol. The molecule has 0 radical (unpaired) electrons. The molecule has 0 spiro atoms. The Kier molecular flexibility index (Phi) is 8.73. The second-order valence-corrected chi connectivity index (χ2v) is 8.11. The minimum Gasteiger partial charge on any atom is -0.497 e. The molecule has 3 aromatic rings. The molecule has 4 heteroatoms. The van der Waals surface area contributed by atoms with Crippen LogP contribution in [0.3, 0.4) is 0 Å². The summed E-state index contributed by atoms with van der Waals surface area (Å²) in [5.74, 6) is 0.872. The van der Waals surface area contributed by atoms with Gasteiger partial charge in [-0.15, -0.1) is 6.58 Å². The summed E-state index contributed by atoms with van der Waals surface area (Å²) in [6, 6.07) is 20.2. The molecular formula is C28H34N2O2. The molecule has 0 saturated heterocycles. The van der Waals surface area contributed by atoms with Crippen LogP contribution in [-0.4, -0.2) is 29.0 Å². The first-order valence-electron chi connectivity index (χ1n) is 11.4. The maximum atomic E-state index is 13.2. The highest BCUT2D eigenvalue weighted by Gasteiger charge is 2.17. The standard InChI is InChI=1S/C28H34N2O2/c1-4-6-7-10-23-14-16-25(17-15-23)28(31)30(18-5-2)22-26-12-9-19-29(26)21-24-11-8-13-27(20-24)32-3/h5,8-9,11-17,19-20H,2,4,6-7,10,18,21-22H2,1,3H3. The van der Waals surface area contributed by atoms with Crippen molar-refractivity contribution in [2.45, 2.75) is 45.7 Å². The monoisotopic (exact) mass is 430 g/mol. The summed E-state index contributed by atoms with van der Waals surface area (Å²) in [6.07, 6.45) is 8.55. The lowest BCUT2D eigenvalue weighted by Crippen LogP contribution is -2.31. The van der Waals surface area contributed by atoms with Crippen LogP contribution in [0, 0.1) is 0 Å². The van der Waals surface area contributed by atoms with E-state index in [1.54, 1.807) is 13.2 Å². The molecule has 1 aromatic heterocycles. The highest BCUT2D eigenvalue weighted by molar-refractivity contribution is 5.94. The lowest BCUT2D eigenvalue weighted by Gasteiger charge is -2.22. The molecule has 32 heavy (non-hydrogen) atoms. The number of methoxy groups -OCH3 is 1. The van der Waals surface area contributed by atoms with E-state index >= 15 is 0 Å². The van der Waals surface area contributed by atoms with Gasteiger partial charge < -0.3 is 14.2 Å². The SMILES string of the molecule is C=CCN(Cc1cccn1Cc1cccc(OC)c1)C(=O)c1ccc(CCCCC)cc1. The smallest absolute Gasteiger partial charge is 0.254 e. The number of hydrogen-bond acceptors (Lipinski definition) is 2. The fraction of sp³-hybridized carbons (Fsp3) is 0.321. The molecule has 1 amide bonds. The van der Waals surface area contributed by atoms with E-state index in [0.717, 1.165) is 35.5 Å². The van der Waals surface area contributed by atoms with Gasteiger partial charge in [-0.05, 0) is 60.4 Å². The number of ether oxygens (including phenoxy) is 1. The normalized spacial score (nSPS) is 10.7. The van der Waals surface area contributed by atoms with Gasteiger partial charge in [0.15, 0.2) is 0 Å². The van der Waals surface area contributed by atoms with Crippen molar-refractivity contribution in [1.29, 1.82) is 0 Å². The molecule has 0 N–H and O–H groups in total. The second kappa shape index (κ2) is 11.9. The van der Waals surface area contributed by atoms with Crippen molar-refractivity contribution in [3.8, 4) is 5.75 Å². The second-order valence-electron chi connectivity index (χ2n) is 8.11. The molecule has 0 bridgehead atoms. The number of hydrogen-bond donors (Lipinski definition) is 0. The highest BCUT2D eigenvalue weighted by Crippen LogP contribution is 2.17. The molecule has 4 nitrogen and oxygen atoms in total. The first kappa shape index (κ1) is 23.4. The summed E-state index contributed by atoms with van der Waals surface area (Å²) < 4.78 is 7.52. The van der Waals surface area contributed by atoms with Gasteiger partial charge in [0.1, 0.15) is 5.75 Å². The van der Waals surface area contributed by atoms with Crippen LogP contribution in [0.2, 0.25) is 0 Å². The maximum Gasteiger partial charge on any atom is 0.254 e. The number of carbonyl (C=O) groups excluding carboxylic acids is 1. The molecule has 0 aliphatic carbocycles. The van der Waals surface area contributed by atoms with Gasteiger partial charge >= 0.3 is 0 Å². The summed E-state index contributed by atoms with van der Waals surface area (Å²) in [6.45, 7) is 7.82. The van der Waals surface area contributed by atoms with Gasteiger partial charge in [0.2, 0.25) is 0 Å². The van der Waals surface area contributed by atoms with Gasteiger partial charge in [0.05, 0.1) is 13.7 Å². The molecule has 0 aliphatic rings. The summed E-state index contributed by atoms with van der Waals surface area (Å²) in [4.78, 5) is 15.1. The summed E-state index contributed by atoms with van der Waals surface area (Å²) in [7, 11) is 1.68. The van der Waals surface area contributed by atoms with Gasteiger partial charge in [-0.25, -0.2) is 0 Å². The number of unbranched alkanes of at least 4 members (excludes halogenated alkanes) is 2. The molecule has 0 saturated carbocycles. The molecular weight excluding hydrogens is 396 g/mol. The number of aromatic nitrogens is 1. The van der Waals surface area contributed by atoms with Crippen LogP contribution in [0.1, 0.15) is 53.4 Å². The fourth-order valence-corrected chi connectivity index (χ4v) is 3.86. The number of rotatable bonds is 12. The summed E-state index contributed by atoms with van der Waals surface area (Å²) >= 11 is 0. The minimum absolute atomic E-state index is 0.0270. The van der Waals surface area contributed by atoms with Crippen LogP contribution in [0.15, 0.2) is 79.5 Å². The Morgan fingerprint density at radius 2 is 1.88 bits per heavy atom. The lowest BCUT2D eigenvalue weighted by atomic mass is 10.0. The zero-order chi connectivity index (χ0) is 22.8. The molecule has 1 heterocycles. The number of nitrogens with zero attached hydrogens (tertiary/aromatic N) is 2. The third kappa shape index (κ3) is 6.36. The first-order valence-corrected chi connectivity index (χ1v) is 11.4. The van der Waals surface area contributed by atoms with E-state index in [2.05, 4.69) is 48.5 Å². The van der Waals surface area contributed by atoms with Crippen LogP contribution >= 0.6 is 0 Å². The van der Waals surface area contributed by atoms with Gasteiger partial charge in [-0.3, -0.25) is 4.79 Å². The van der Waals surface area contributed by atoms with E-state index in [9.17, 15) is 4.79 Å². The zero-order valence-electron chi connectivity index (χ0n) is 19.3. The molecule has 0 fully saturated rings. The molecule has 2 aromatic carbocycles. The summed E-state index contributed by atoms with van der Waals surface area (Å²) in [5, 5.41) is 0. The van der Waals surface area contributed by atoms with Crippen molar-refractivity contribution < 1.29 is 9.53 Å². The highest BCUT2D eigenvalue weighted by atomic mass is 16.5. The molecule has 3 rings (SSSR count). The van der Waals surface area contributed by atoms with Crippen LogP contribution in [0.5, 0.6) is 5.75 Å². The van der Waals surface area contributed by atoms with E-state index in [1.807, 2.05) is 41.3 Å². The number of benzene rings is 2. The van der Waals surface area contributed by atoms with Crippen molar-refractivity contribution >= 4 is 5.91 Å². The lowest BCUT2D eigenvalue weighted by molar-refractivity contribution is 0.0759. The third-order valence-electron chi connectivity index (χ3n) is 5.67. The number of carbonyl (C=O) groups is 1. The maximum absolute atomic E-state index is 13.2. The Hall–Kier alpha value is -3.27. The molecule has 0 aliphatic heterocycles.